The van der Waals surface area contributed by atoms with Gasteiger partial charge in [0.1, 0.15) is 0 Å². The Kier molecular flexibility index (Phi) is 4.84. The fourth-order valence-electron chi connectivity index (χ4n) is 1.49. The maximum absolute atomic E-state index is 11.2. The highest BCUT2D eigenvalue weighted by Gasteiger charge is 2.02. The molecule has 3 N–H and O–H groups in total. The lowest BCUT2D eigenvalue weighted by molar-refractivity contribution is -0.121. The van der Waals surface area contributed by atoms with E-state index in [0.717, 1.165) is 6.42 Å². The molecule has 15 heavy (non-hydrogen) atoms. The summed E-state index contributed by atoms with van der Waals surface area (Å²) in [5.74, 6) is 0.0170. The molecule has 0 unspecified atom stereocenters. The molecule has 0 saturated heterocycles. The third-order valence-corrected chi connectivity index (χ3v) is 2.35. The summed E-state index contributed by atoms with van der Waals surface area (Å²) >= 11 is 0. The minimum absolute atomic E-state index is 0.0170. The number of carbonyl (C=O) groups is 1. The molecule has 82 valence electrons. The van der Waals surface area contributed by atoms with Gasteiger partial charge in [-0.2, -0.15) is 0 Å². The van der Waals surface area contributed by atoms with Gasteiger partial charge in [0.05, 0.1) is 0 Å². The molecule has 1 aromatic rings. The fraction of sp³-hybridized carbons (Fsp3) is 0.417. The minimum atomic E-state index is 0.0170. The summed E-state index contributed by atoms with van der Waals surface area (Å²) in [7, 11) is 0. The molecule has 0 aliphatic heterocycles. The van der Waals surface area contributed by atoms with Crippen LogP contribution < -0.4 is 11.1 Å². The van der Waals surface area contributed by atoms with Crippen LogP contribution in [0.25, 0.3) is 0 Å². The van der Waals surface area contributed by atoms with Crippen molar-refractivity contribution in [1.29, 1.82) is 0 Å². The molecule has 0 bridgehead atoms. The zero-order valence-corrected chi connectivity index (χ0v) is 9.12. The van der Waals surface area contributed by atoms with Gasteiger partial charge in [0, 0.05) is 19.5 Å². The molecule has 0 heterocycles. The Morgan fingerprint density at radius 1 is 1.33 bits per heavy atom. The summed E-state index contributed by atoms with van der Waals surface area (Å²) in [6, 6.07) is 8.14. The number of aryl methyl sites for hydroxylation is 1. The van der Waals surface area contributed by atoms with E-state index in [1.165, 1.54) is 11.1 Å². The van der Waals surface area contributed by atoms with Gasteiger partial charge in [-0.25, -0.2) is 0 Å². The first kappa shape index (κ1) is 11.7. The van der Waals surface area contributed by atoms with E-state index in [4.69, 9.17) is 5.73 Å². The van der Waals surface area contributed by atoms with Crippen molar-refractivity contribution in [3.05, 3.63) is 35.4 Å². The van der Waals surface area contributed by atoms with Crippen molar-refractivity contribution in [2.24, 2.45) is 5.73 Å². The molecular weight excluding hydrogens is 188 g/mol. The maximum Gasteiger partial charge on any atom is 0.221 e. The van der Waals surface area contributed by atoms with Crippen LogP contribution in [0.2, 0.25) is 0 Å². The molecule has 0 aromatic heterocycles. The van der Waals surface area contributed by atoms with Crippen molar-refractivity contribution < 1.29 is 4.79 Å². The molecule has 0 fully saturated rings. The van der Waals surface area contributed by atoms with Crippen molar-refractivity contribution in [3.63, 3.8) is 0 Å². The second-order valence-electron chi connectivity index (χ2n) is 3.44. The molecule has 0 aliphatic carbocycles. The van der Waals surface area contributed by atoms with Crippen LogP contribution >= 0.6 is 0 Å². The molecule has 0 saturated carbocycles. The van der Waals surface area contributed by atoms with Gasteiger partial charge in [-0.15, -0.1) is 0 Å². The van der Waals surface area contributed by atoms with Gasteiger partial charge in [0.15, 0.2) is 0 Å². The van der Waals surface area contributed by atoms with E-state index >= 15 is 0 Å². The number of hydrogen-bond acceptors (Lipinski definition) is 2. The molecular formula is C12H18N2O. The molecule has 1 rings (SSSR count). The van der Waals surface area contributed by atoms with Crippen molar-refractivity contribution >= 4 is 5.91 Å². The molecule has 0 radical (unpaired) electrons. The summed E-state index contributed by atoms with van der Waals surface area (Å²) in [6.07, 6.45) is 1.39. The smallest absolute Gasteiger partial charge is 0.221 e. The van der Waals surface area contributed by atoms with Crippen LogP contribution in [0.3, 0.4) is 0 Å². The Balaban J connectivity index is 2.53. The average Bonchev–Trinajstić information content (AvgIpc) is 2.27. The Labute approximate surface area is 90.7 Å². The maximum atomic E-state index is 11.2. The first-order chi connectivity index (χ1) is 7.27. The first-order valence-electron chi connectivity index (χ1n) is 5.31. The van der Waals surface area contributed by atoms with E-state index in [-0.39, 0.29) is 5.91 Å². The van der Waals surface area contributed by atoms with Crippen LogP contribution in [0.4, 0.5) is 0 Å². The molecule has 3 nitrogen and oxygen atoms in total. The SMILES string of the molecule is CCc1ccccc1CNC(=O)CCN. The second-order valence-corrected chi connectivity index (χ2v) is 3.44. The van der Waals surface area contributed by atoms with Gasteiger partial charge in [-0.1, -0.05) is 31.2 Å². The molecule has 0 spiro atoms. The third kappa shape index (κ3) is 3.72. The number of nitrogens with two attached hydrogens (primary N) is 1. The predicted molar refractivity (Wildman–Crippen MR) is 61.3 cm³/mol. The van der Waals surface area contributed by atoms with Gasteiger partial charge in [-0.05, 0) is 17.5 Å². The highest BCUT2D eigenvalue weighted by Crippen LogP contribution is 2.08. The van der Waals surface area contributed by atoms with Crippen LogP contribution in [0, 0.1) is 0 Å². The number of rotatable bonds is 5. The molecule has 0 atom stereocenters. The van der Waals surface area contributed by atoms with E-state index in [2.05, 4.69) is 18.3 Å². The van der Waals surface area contributed by atoms with Crippen LogP contribution in [0.5, 0.6) is 0 Å². The van der Waals surface area contributed by atoms with E-state index in [1.54, 1.807) is 0 Å². The summed E-state index contributed by atoms with van der Waals surface area (Å²) in [5.41, 5.74) is 7.76. The number of amides is 1. The standard InChI is InChI=1S/C12H18N2O/c1-2-10-5-3-4-6-11(10)9-14-12(15)7-8-13/h3-6H,2,7-9,13H2,1H3,(H,14,15). The molecule has 1 aromatic carbocycles. The van der Waals surface area contributed by atoms with Crippen LogP contribution in [-0.4, -0.2) is 12.5 Å². The second kappa shape index (κ2) is 6.19. The number of carbonyl (C=O) groups excluding carboxylic acids is 1. The van der Waals surface area contributed by atoms with Gasteiger partial charge in [0.25, 0.3) is 0 Å². The Hall–Kier alpha value is -1.35. The van der Waals surface area contributed by atoms with Crippen LogP contribution in [0.15, 0.2) is 24.3 Å². The quantitative estimate of drug-likeness (QED) is 0.761. The monoisotopic (exact) mass is 206 g/mol. The zero-order valence-electron chi connectivity index (χ0n) is 9.12. The number of benzene rings is 1. The lowest BCUT2D eigenvalue weighted by Crippen LogP contribution is -2.25. The zero-order chi connectivity index (χ0) is 11.1. The van der Waals surface area contributed by atoms with E-state index in [9.17, 15) is 4.79 Å². The normalized spacial score (nSPS) is 10.0. The minimum Gasteiger partial charge on any atom is -0.352 e. The van der Waals surface area contributed by atoms with E-state index in [1.807, 2.05) is 18.2 Å². The van der Waals surface area contributed by atoms with Gasteiger partial charge >= 0.3 is 0 Å². The first-order valence-corrected chi connectivity index (χ1v) is 5.31. The summed E-state index contributed by atoms with van der Waals surface area (Å²) in [6.45, 7) is 3.12. The van der Waals surface area contributed by atoms with Crippen molar-refractivity contribution in [3.8, 4) is 0 Å². The number of nitrogens with one attached hydrogen (secondary N) is 1. The average molecular weight is 206 g/mol. The Morgan fingerprint density at radius 3 is 2.60 bits per heavy atom. The third-order valence-electron chi connectivity index (χ3n) is 2.35. The predicted octanol–water partition coefficient (Wildman–Crippen LogP) is 1.21. The van der Waals surface area contributed by atoms with Crippen molar-refractivity contribution in [2.75, 3.05) is 6.54 Å². The summed E-state index contributed by atoms with van der Waals surface area (Å²) in [5, 5.41) is 2.86. The van der Waals surface area contributed by atoms with E-state index in [0.29, 0.717) is 19.5 Å². The highest BCUT2D eigenvalue weighted by atomic mass is 16.1. The van der Waals surface area contributed by atoms with Gasteiger partial charge in [-0.3, -0.25) is 4.79 Å². The van der Waals surface area contributed by atoms with Crippen LogP contribution in [0.1, 0.15) is 24.5 Å². The lowest BCUT2D eigenvalue weighted by atomic mass is 10.1. The Morgan fingerprint density at radius 2 is 2.00 bits per heavy atom. The fourth-order valence-corrected chi connectivity index (χ4v) is 1.49. The highest BCUT2D eigenvalue weighted by molar-refractivity contribution is 5.76. The van der Waals surface area contributed by atoms with Crippen molar-refractivity contribution in [2.45, 2.75) is 26.3 Å². The molecule has 1 amide bonds. The molecule has 0 aliphatic rings. The van der Waals surface area contributed by atoms with Gasteiger partial charge < -0.3 is 11.1 Å². The summed E-state index contributed by atoms with van der Waals surface area (Å²) < 4.78 is 0. The summed E-state index contributed by atoms with van der Waals surface area (Å²) in [4.78, 5) is 11.2. The number of hydrogen-bond donors (Lipinski definition) is 2. The molecule has 3 heteroatoms. The Bertz CT molecular complexity index is 323. The largest absolute Gasteiger partial charge is 0.352 e. The topological polar surface area (TPSA) is 55.1 Å². The lowest BCUT2D eigenvalue weighted by Gasteiger charge is -2.08. The van der Waals surface area contributed by atoms with Gasteiger partial charge in [0.2, 0.25) is 5.91 Å². The van der Waals surface area contributed by atoms with Crippen molar-refractivity contribution in [1.82, 2.24) is 5.32 Å². The van der Waals surface area contributed by atoms with Crippen LogP contribution in [-0.2, 0) is 17.8 Å². The van der Waals surface area contributed by atoms with E-state index < -0.39 is 0 Å².